The van der Waals surface area contributed by atoms with E-state index in [2.05, 4.69) is 10.3 Å². The molecule has 2 aromatic heterocycles. The van der Waals surface area contributed by atoms with Gasteiger partial charge in [0.1, 0.15) is 22.6 Å². The topological polar surface area (TPSA) is 111 Å². The molecule has 130 valence electrons. The number of carbonyl (C=O) groups is 2. The van der Waals surface area contributed by atoms with Crippen LogP contribution in [0.4, 0.5) is 10.1 Å². The number of fused-ring (bicyclic) bond motifs is 2. The van der Waals surface area contributed by atoms with Gasteiger partial charge in [-0.25, -0.2) is 9.37 Å². The van der Waals surface area contributed by atoms with Crippen molar-refractivity contribution in [2.45, 2.75) is 6.92 Å². The largest absolute Gasteiger partial charge is 0.449 e. The Morgan fingerprint density at radius 1 is 1.12 bits per heavy atom. The van der Waals surface area contributed by atoms with Gasteiger partial charge >= 0.3 is 0 Å². The van der Waals surface area contributed by atoms with Crippen LogP contribution in [0.2, 0.25) is 0 Å². The number of nitrogens with two attached hydrogens (primary N) is 1. The Balaban J connectivity index is 1.77. The number of anilines is 1. The predicted octanol–water partition coefficient (Wildman–Crippen LogP) is 3.37. The number of benzene rings is 2. The number of rotatable bonds is 3. The van der Waals surface area contributed by atoms with Gasteiger partial charge in [-0.1, -0.05) is 0 Å². The van der Waals surface area contributed by atoms with Crippen LogP contribution in [0.15, 0.2) is 45.2 Å². The highest BCUT2D eigenvalue weighted by Gasteiger charge is 2.21. The third kappa shape index (κ3) is 2.57. The zero-order valence-corrected chi connectivity index (χ0v) is 13.5. The molecule has 0 unspecified atom stereocenters. The van der Waals surface area contributed by atoms with Crippen molar-refractivity contribution in [1.29, 1.82) is 0 Å². The Morgan fingerprint density at radius 3 is 2.65 bits per heavy atom. The number of furan rings is 1. The Bertz CT molecular complexity index is 1190. The number of hydrogen-bond acceptors (Lipinski definition) is 5. The molecule has 7 nitrogen and oxygen atoms in total. The van der Waals surface area contributed by atoms with Crippen LogP contribution in [-0.4, -0.2) is 16.8 Å². The van der Waals surface area contributed by atoms with E-state index in [1.54, 1.807) is 25.1 Å². The molecular weight excluding hydrogens is 341 g/mol. The molecule has 0 radical (unpaired) electrons. The summed E-state index contributed by atoms with van der Waals surface area (Å²) < 4.78 is 24.3. The van der Waals surface area contributed by atoms with Crippen molar-refractivity contribution < 1.29 is 22.8 Å². The number of nitrogens with zero attached hydrogens (tertiary/aromatic N) is 1. The lowest BCUT2D eigenvalue weighted by atomic mass is 10.1. The number of primary amides is 1. The van der Waals surface area contributed by atoms with Crippen LogP contribution in [0.25, 0.3) is 22.1 Å². The van der Waals surface area contributed by atoms with Gasteiger partial charge in [0.2, 0.25) is 5.76 Å². The Kier molecular flexibility index (Phi) is 3.47. The minimum Gasteiger partial charge on any atom is -0.449 e. The number of nitrogens with one attached hydrogen (secondary N) is 1. The van der Waals surface area contributed by atoms with Gasteiger partial charge in [0, 0.05) is 17.9 Å². The third-order valence-electron chi connectivity index (χ3n) is 3.87. The fourth-order valence-corrected chi connectivity index (χ4v) is 2.74. The lowest BCUT2D eigenvalue weighted by Crippen LogP contribution is -2.17. The highest BCUT2D eigenvalue weighted by atomic mass is 19.1. The second-order valence-corrected chi connectivity index (χ2v) is 5.68. The highest BCUT2D eigenvalue weighted by molar-refractivity contribution is 6.14. The average Bonchev–Trinajstić information content (AvgIpc) is 3.13. The lowest BCUT2D eigenvalue weighted by molar-refractivity contribution is 0.0977. The third-order valence-corrected chi connectivity index (χ3v) is 3.87. The number of oxazole rings is 1. The molecule has 2 heterocycles. The maximum absolute atomic E-state index is 13.6. The molecule has 2 aromatic carbocycles. The van der Waals surface area contributed by atoms with Crippen LogP contribution in [0.3, 0.4) is 0 Å². The molecule has 2 amide bonds. The Hall–Kier alpha value is -3.68. The van der Waals surface area contributed by atoms with Crippen molar-refractivity contribution >= 4 is 39.6 Å². The van der Waals surface area contributed by atoms with Gasteiger partial charge in [-0.2, -0.15) is 0 Å². The van der Waals surface area contributed by atoms with Gasteiger partial charge in [0.05, 0.1) is 0 Å². The number of aromatic nitrogens is 1. The lowest BCUT2D eigenvalue weighted by Gasteiger charge is -2.05. The predicted molar refractivity (Wildman–Crippen MR) is 91.4 cm³/mol. The summed E-state index contributed by atoms with van der Waals surface area (Å²) >= 11 is 0. The smallest absolute Gasteiger partial charge is 0.286 e. The van der Waals surface area contributed by atoms with E-state index in [4.69, 9.17) is 14.6 Å². The molecule has 4 rings (SSSR count). The van der Waals surface area contributed by atoms with E-state index in [0.29, 0.717) is 17.0 Å². The number of aryl methyl sites for hydroxylation is 1. The standard InChI is InChI=1S/C18H12FN3O4/c1-8-21-12-6-9(2-4-14(12)25-8)18(24)22-15-11-7-10(19)3-5-13(11)26-16(15)17(20)23/h2-7H,1H3,(H2,20,23)(H,22,24). The molecule has 0 aliphatic rings. The van der Waals surface area contributed by atoms with Crippen molar-refractivity contribution in [2.24, 2.45) is 5.73 Å². The fourth-order valence-electron chi connectivity index (χ4n) is 2.74. The van der Waals surface area contributed by atoms with E-state index < -0.39 is 17.6 Å². The minimum atomic E-state index is -0.875. The van der Waals surface area contributed by atoms with Gasteiger partial charge in [-0.3, -0.25) is 9.59 Å². The fraction of sp³-hybridized carbons (Fsp3) is 0.0556. The quantitative estimate of drug-likeness (QED) is 0.586. The number of carbonyl (C=O) groups excluding carboxylic acids is 2. The first-order valence-corrected chi connectivity index (χ1v) is 7.63. The Morgan fingerprint density at radius 2 is 1.88 bits per heavy atom. The van der Waals surface area contributed by atoms with E-state index in [1.807, 2.05) is 0 Å². The molecule has 0 atom stereocenters. The van der Waals surface area contributed by atoms with Gasteiger partial charge in [-0.05, 0) is 36.4 Å². The van der Waals surface area contributed by atoms with Crippen LogP contribution >= 0.6 is 0 Å². The second kappa shape index (κ2) is 5.69. The molecule has 26 heavy (non-hydrogen) atoms. The summed E-state index contributed by atoms with van der Waals surface area (Å²) in [6, 6.07) is 8.42. The maximum Gasteiger partial charge on any atom is 0.286 e. The molecular formula is C18H12FN3O4. The molecule has 8 heteroatoms. The summed E-state index contributed by atoms with van der Waals surface area (Å²) in [4.78, 5) is 28.4. The molecule has 0 saturated heterocycles. The number of amides is 2. The zero-order chi connectivity index (χ0) is 18.4. The van der Waals surface area contributed by atoms with Crippen molar-refractivity contribution in [1.82, 2.24) is 4.98 Å². The van der Waals surface area contributed by atoms with E-state index in [9.17, 15) is 14.0 Å². The summed E-state index contributed by atoms with van der Waals surface area (Å²) in [7, 11) is 0. The monoisotopic (exact) mass is 353 g/mol. The highest BCUT2D eigenvalue weighted by Crippen LogP contribution is 2.32. The zero-order valence-electron chi connectivity index (χ0n) is 13.5. The minimum absolute atomic E-state index is 0.0217. The number of halogens is 1. The summed E-state index contributed by atoms with van der Waals surface area (Å²) in [5.74, 6) is -1.71. The van der Waals surface area contributed by atoms with E-state index in [1.165, 1.54) is 12.1 Å². The van der Waals surface area contributed by atoms with Gasteiger partial charge in [-0.15, -0.1) is 0 Å². The van der Waals surface area contributed by atoms with Gasteiger partial charge < -0.3 is 19.9 Å². The van der Waals surface area contributed by atoms with Crippen molar-refractivity contribution in [3.05, 3.63) is 59.4 Å². The average molecular weight is 353 g/mol. The normalized spacial score (nSPS) is 11.2. The van der Waals surface area contributed by atoms with Crippen molar-refractivity contribution in [3.8, 4) is 0 Å². The summed E-state index contributed by atoms with van der Waals surface area (Å²) in [6.07, 6.45) is 0. The molecule has 0 fully saturated rings. The summed E-state index contributed by atoms with van der Waals surface area (Å²) in [5.41, 5.74) is 6.92. The van der Waals surface area contributed by atoms with Gasteiger partial charge in [0.15, 0.2) is 11.5 Å². The first-order valence-electron chi connectivity index (χ1n) is 7.63. The molecule has 4 aromatic rings. The first-order chi connectivity index (χ1) is 12.4. The van der Waals surface area contributed by atoms with E-state index >= 15 is 0 Å². The van der Waals surface area contributed by atoms with Crippen molar-refractivity contribution in [2.75, 3.05) is 5.32 Å². The van der Waals surface area contributed by atoms with Crippen LogP contribution in [-0.2, 0) is 0 Å². The molecule has 0 aliphatic heterocycles. The molecule has 0 bridgehead atoms. The molecule has 0 spiro atoms. The SMILES string of the molecule is Cc1nc2cc(C(=O)Nc3c(C(N)=O)oc4ccc(F)cc34)ccc2o1. The summed E-state index contributed by atoms with van der Waals surface area (Å²) in [5, 5.41) is 2.81. The molecule has 0 saturated carbocycles. The van der Waals surface area contributed by atoms with Crippen LogP contribution in [0.5, 0.6) is 0 Å². The number of hydrogen-bond donors (Lipinski definition) is 2. The molecule has 0 aliphatic carbocycles. The first kappa shape index (κ1) is 15.8. The van der Waals surface area contributed by atoms with E-state index in [0.717, 1.165) is 6.07 Å². The van der Waals surface area contributed by atoms with Crippen LogP contribution in [0, 0.1) is 12.7 Å². The van der Waals surface area contributed by atoms with Crippen LogP contribution in [0.1, 0.15) is 26.8 Å². The summed E-state index contributed by atoms with van der Waals surface area (Å²) in [6.45, 7) is 1.70. The molecule has 3 N–H and O–H groups in total. The maximum atomic E-state index is 13.6. The Labute approximate surface area is 145 Å². The van der Waals surface area contributed by atoms with Crippen LogP contribution < -0.4 is 11.1 Å². The second-order valence-electron chi connectivity index (χ2n) is 5.68. The van der Waals surface area contributed by atoms with Gasteiger partial charge in [0.25, 0.3) is 11.8 Å². The van der Waals surface area contributed by atoms with Crippen molar-refractivity contribution in [3.63, 3.8) is 0 Å². The van der Waals surface area contributed by atoms with E-state index in [-0.39, 0.29) is 28.0 Å².